The fourth-order valence-corrected chi connectivity index (χ4v) is 3.95. The molecule has 0 saturated carbocycles. The molecule has 1 aliphatic rings. The molecule has 0 saturated heterocycles. The number of anilines is 2. The number of halogens is 1. The molecule has 0 radical (unpaired) electrons. The number of carbonyl (C=O) groups is 3. The summed E-state index contributed by atoms with van der Waals surface area (Å²) in [6, 6.07) is 13.9. The zero-order valence-corrected chi connectivity index (χ0v) is 18.1. The molecule has 0 fully saturated rings. The van der Waals surface area contributed by atoms with Gasteiger partial charge in [-0.15, -0.1) is 0 Å². The number of fused-ring (bicyclic) bond motifs is 1. The molecule has 33 heavy (non-hydrogen) atoms. The Bertz CT molecular complexity index is 1230. The second kappa shape index (κ2) is 9.40. The van der Waals surface area contributed by atoms with Crippen LogP contribution in [0.3, 0.4) is 0 Å². The van der Waals surface area contributed by atoms with Crippen molar-refractivity contribution >= 4 is 40.9 Å². The number of amides is 2. The standard InChI is InChI=1S/C24H20ClN3O5/c25-15-8-9-19-18(12-15)20(29)6-3-11-28(19)23(31)14-7-10-21(26-13-14)27-22(30)16-4-1-2-5-17(16)24(32)33/h1-2,4-5,7-10,12-13,20,29H,3,6,11H2,(H,32,33)(H,26,27,30). The lowest BCUT2D eigenvalue weighted by Crippen LogP contribution is -2.31. The number of rotatable bonds is 4. The van der Waals surface area contributed by atoms with Crippen molar-refractivity contribution in [3.05, 3.63) is 88.1 Å². The molecule has 1 aromatic heterocycles. The maximum atomic E-state index is 13.2. The maximum absolute atomic E-state index is 13.2. The monoisotopic (exact) mass is 465 g/mol. The van der Waals surface area contributed by atoms with Crippen LogP contribution in [-0.4, -0.2) is 39.5 Å². The molecule has 3 aromatic rings. The van der Waals surface area contributed by atoms with E-state index in [1.807, 2.05) is 0 Å². The van der Waals surface area contributed by atoms with E-state index in [1.165, 1.54) is 36.5 Å². The lowest BCUT2D eigenvalue weighted by atomic mass is 10.0. The van der Waals surface area contributed by atoms with E-state index >= 15 is 0 Å². The fraction of sp³-hybridized carbons (Fsp3) is 0.167. The summed E-state index contributed by atoms with van der Waals surface area (Å²) in [6.07, 6.45) is 1.76. The molecular formula is C24H20ClN3O5. The fourth-order valence-electron chi connectivity index (χ4n) is 3.77. The summed E-state index contributed by atoms with van der Waals surface area (Å²) >= 11 is 6.08. The summed E-state index contributed by atoms with van der Waals surface area (Å²) in [4.78, 5) is 42.8. The Balaban J connectivity index is 1.54. The maximum Gasteiger partial charge on any atom is 0.336 e. The van der Waals surface area contributed by atoms with Crippen LogP contribution in [0.15, 0.2) is 60.8 Å². The van der Waals surface area contributed by atoms with Gasteiger partial charge in [-0.25, -0.2) is 9.78 Å². The van der Waals surface area contributed by atoms with Crippen molar-refractivity contribution in [1.29, 1.82) is 0 Å². The predicted octanol–water partition coefficient (Wildman–Crippen LogP) is 4.16. The molecule has 2 amide bonds. The largest absolute Gasteiger partial charge is 0.478 e. The molecule has 0 aliphatic carbocycles. The highest BCUT2D eigenvalue weighted by Gasteiger charge is 2.27. The Labute approximate surface area is 194 Å². The van der Waals surface area contributed by atoms with Gasteiger partial charge >= 0.3 is 5.97 Å². The van der Waals surface area contributed by atoms with Crippen LogP contribution >= 0.6 is 11.6 Å². The van der Waals surface area contributed by atoms with Gasteiger partial charge in [0.25, 0.3) is 11.8 Å². The number of carboxylic acid groups (broad SMARTS) is 1. The first-order valence-corrected chi connectivity index (χ1v) is 10.6. The molecule has 9 heteroatoms. The van der Waals surface area contributed by atoms with Gasteiger partial charge in [-0.1, -0.05) is 23.7 Å². The van der Waals surface area contributed by atoms with E-state index < -0.39 is 18.0 Å². The molecule has 1 unspecified atom stereocenters. The molecule has 168 valence electrons. The Morgan fingerprint density at radius 1 is 1.06 bits per heavy atom. The Kier molecular flexibility index (Phi) is 6.39. The SMILES string of the molecule is O=C(O)c1ccccc1C(=O)Nc1ccc(C(=O)N2CCCC(O)c3cc(Cl)ccc32)cn1. The van der Waals surface area contributed by atoms with Gasteiger partial charge in [0.15, 0.2) is 0 Å². The van der Waals surface area contributed by atoms with Gasteiger partial charge < -0.3 is 20.4 Å². The van der Waals surface area contributed by atoms with E-state index in [0.29, 0.717) is 41.2 Å². The van der Waals surface area contributed by atoms with Crippen molar-refractivity contribution in [1.82, 2.24) is 4.98 Å². The summed E-state index contributed by atoms with van der Waals surface area (Å²) in [5, 5.41) is 22.7. The van der Waals surface area contributed by atoms with E-state index in [1.54, 1.807) is 29.2 Å². The quantitative estimate of drug-likeness (QED) is 0.532. The Hall–Kier alpha value is -3.75. The van der Waals surface area contributed by atoms with Crippen molar-refractivity contribution in [2.24, 2.45) is 0 Å². The molecule has 0 bridgehead atoms. The molecular weight excluding hydrogens is 446 g/mol. The van der Waals surface area contributed by atoms with Crippen molar-refractivity contribution in [3.8, 4) is 0 Å². The lowest BCUT2D eigenvalue weighted by Gasteiger charge is -2.23. The zero-order valence-electron chi connectivity index (χ0n) is 17.4. The Morgan fingerprint density at radius 3 is 2.52 bits per heavy atom. The second-order valence-electron chi connectivity index (χ2n) is 7.55. The van der Waals surface area contributed by atoms with Crippen molar-refractivity contribution < 1.29 is 24.6 Å². The van der Waals surface area contributed by atoms with E-state index in [4.69, 9.17) is 11.6 Å². The van der Waals surface area contributed by atoms with Crippen molar-refractivity contribution in [3.63, 3.8) is 0 Å². The van der Waals surface area contributed by atoms with Gasteiger partial charge in [-0.05, 0) is 55.3 Å². The Morgan fingerprint density at radius 2 is 1.82 bits per heavy atom. The number of nitrogens with zero attached hydrogens (tertiary/aromatic N) is 2. The molecule has 8 nitrogen and oxygen atoms in total. The van der Waals surface area contributed by atoms with Gasteiger partial charge in [0, 0.05) is 29.0 Å². The third kappa shape index (κ3) is 4.72. The number of aromatic carboxylic acids is 1. The van der Waals surface area contributed by atoms with Crippen LogP contribution in [0, 0.1) is 0 Å². The van der Waals surface area contributed by atoms with Gasteiger partial charge in [-0.3, -0.25) is 9.59 Å². The molecule has 4 rings (SSSR count). The van der Waals surface area contributed by atoms with Crippen LogP contribution in [0.4, 0.5) is 11.5 Å². The highest BCUT2D eigenvalue weighted by Crippen LogP contribution is 2.35. The molecule has 1 aliphatic heterocycles. The molecule has 1 atom stereocenters. The number of pyridine rings is 1. The summed E-state index contributed by atoms with van der Waals surface area (Å²) in [6.45, 7) is 0.426. The summed E-state index contributed by atoms with van der Waals surface area (Å²) in [7, 11) is 0. The van der Waals surface area contributed by atoms with Gasteiger partial charge in [0.05, 0.1) is 22.8 Å². The number of carboxylic acids is 1. The third-order valence-electron chi connectivity index (χ3n) is 5.40. The number of aliphatic hydroxyl groups is 1. The first-order valence-electron chi connectivity index (χ1n) is 10.2. The number of nitrogens with one attached hydrogen (secondary N) is 1. The van der Waals surface area contributed by atoms with Crippen LogP contribution in [0.2, 0.25) is 5.02 Å². The number of hydrogen-bond acceptors (Lipinski definition) is 5. The summed E-state index contributed by atoms with van der Waals surface area (Å²) in [5.74, 6) is -1.95. The highest BCUT2D eigenvalue weighted by molar-refractivity contribution is 6.30. The summed E-state index contributed by atoms with van der Waals surface area (Å²) < 4.78 is 0. The summed E-state index contributed by atoms with van der Waals surface area (Å²) in [5.41, 5.74) is 1.38. The minimum atomic E-state index is -1.21. The second-order valence-corrected chi connectivity index (χ2v) is 7.99. The van der Waals surface area contributed by atoms with Crippen LogP contribution in [-0.2, 0) is 0 Å². The minimum Gasteiger partial charge on any atom is -0.478 e. The normalized spacial score (nSPS) is 15.3. The number of aliphatic hydroxyl groups excluding tert-OH is 1. The third-order valence-corrected chi connectivity index (χ3v) is 5.63. The first-order chi connectivity index (χ1) is 15.8. The predicted molar refractivity (Wildman–Crippen MR) is 123 cm³/mol. The average Bonchev–Trinajstić information content (AvgIpc) is 2.97. The van der Waals surface area contributed by atoms with E-state index in [-0.39, 0.29) is 22.9 Å². The lowest BCUT2D eigenvalue weighted by molar-refractivity contribution is 0.0692. The van der Waals surface area contributed by atoms with E-state index in [0.717, 1.165) is 0 Å². The number of benzene rings is 2. The minimum absolute atomic E-state index is 0.00495. The number of carbonyl (C=O) groups excluding carboxylic acids is 2. The molecule has 2 heterocycles. The van der Waals surface area contributed by atoms with Crippen molar-refractivity contribution in [2.45, 2.75) is 18.9 Å². The van der Waals surface area contributed by atoms with Gasteiger partial charge in [0.2, 0.25) is 0 Å². The van der Waals surface area contributed by atoms with Crippen LogP contribution < -0.4 is 10.2 Å². The van der Waals surface area contributed by atoms with Gasteiger partial charge in [-0.2, -0.15) is 0 Å². The van der Waals surface area contributed by atoms with Crippen molar-refractivity contribution in [2.75, 3.05) is 16.8 Å². The van der Waals surface area contributed by atoms with E-state index in [2.05, 4.69) is 10.3 Å². The van der Waals surface area contributed by atoms with Crippen LogP contribution in [0.1, 0.15) is 55.6 Å². The smallest absolute Gasteiger partial charge is 0.336 e. The number of aromatic nitrogens is 1. The zero-order chi connectivity index (χ0) is 23.5. The van der Waals surface area contributed by atoms with Crippen LogP contribution in [0.25, 0.3) is 0 Å². The van der Waals surface area contributed by atoms with Gasteiger partial charge in [0.1, 0.15) is 5.82 Å². The number of hydrogen-bond donors (Lipinski definition) is 3. The average molecular weight is 466 g/mol. The van der Waals surface area contributed by atoms with Crippen LogP contribution in [0.5, 0.6) is 0 Å². The first kappa shape index (κ1) is 22.4. The molecule has 3 N–H and O–H groups in total. The topological polar surface area (TPSA) is 120 Å². The molecule has 2 aromatic carbocycles. The highest BCUT2D eigenvalue weighted by atomic mass is 35.5. The molecule has 0 spiro atoms. The van der Waals surface area contributed by atoms with E-state index in [9.17, 15) is 24.6 Å².